The summed E-state index contributed by atoms with van der Waals surface area (Å²) in [6.07, 6.45) is 8.36. The minimum absolute atomic E-state index is 0.271. The number of hydrogen-bond acceptors (Lipinski definition) is 3. The summed E-state index contributed by atoms with van der Waals surface area (Å²) in [4.78, 5) is 15.4. The number of hydrogen-bond donors (Lipinski definition) is 1. The van der Waals surface area contributed by atoms with Gasteiger partial charge in [0.15, 0.2) is 0 Å². The van der Waals surface area contributed by atoms with E-state index < -0.39 is 5.97 Å². The first-order valence-corrected chi connectivity index (χ1v) is 8.31. The number of carbonyl (C=O) groups is 1. The monoisotopic (exact) mass is 284 g/mol. The van der Waals surface area contributed by atoms with E-state index in [4.69, 9.17) is 5.11 Å². The van der Waals surface area contributed by atoms with Crippen molar-refractivity contribution in [3.05, 3.63) is 0 Å². The van der Waals surface area contributed by atoms with E-state index in [1.807, 2.05) is 0 Å². The molecule has 1 N–H and O–H groups in total. The molecule has 4 nitrogen and oxygen atoms in total. The molecule has 0 aliphatic carbocycles. The Kier molecular flexibility index (Phi) is 8.86. The third kappa shape index (κ3) is 7.25. The summed E-state index contributed by atoms with van der Waals surface area (Å²) in [7, 11) is 0. The van der Waals surface area contributed by atoms with Gasteiger partial charge in [-0.25, -0.2) is 0 Å². The van der Waals surface area contributed by atoms with Gasteiger partial charge in [-0.1, -0.05) is 39.0 Å². The molecule has 1 fully saturated rings. The standard InChI is InChI=1S/C16H32N2O2/c1-3-4-5-6-7-8-15(2)18-13-11-17(12-14-18)10-9-16(19)20/h15H,3-14H2,1-2H3,(H,19,20). The normalized spacial score (nSPS) is 19.1. The number of nitrogens with zero attached hydrogens (tertiary/aromatic N) is 2. The Balaban J connectivity index is 2.09. The van der Waals surface area contributed by atoms with Gasteiger partial charge in [0.25, 0.3) is 0 Å². The summed E-state index contributed by atoms with van der Waals surface area (Å²) in [5, 5.41) is 8.71. The first kappa shape index (κ1) is 17.4. The van der Waals surface area contributed by atoms with Gasteiger partial charge >= 0.3 is 5.97 Å². The fraction of sp³-hybridized carbons (Fsp3) is 0.938. The Morgan fingerprint density at radius 2 is 1.75 bits per heavy atom. The lowest BCUT2D eigenvalue weighted by atomic mass is 10.1. The molecule has 0 radical (unpaired) electrons. The Morgan fingerprint density at radius 1 is 1.10 bits per heavy atom. The average molecular weight is 284 g/mol. The van der Waals surface area contributed by atoms with Crippen molar-refractivity contribution in [2.75, 3.05) is 32.7 Å². The van der Waals surface area contributed by atoms with E-state index in [1.165, 1.54) is 38.5 Å². The predicted octanol–water partition coefficient (Wildman–Crippen LogP) is 2.83. The van der Waals surface area contributed by atoms with Crippen LogP contribution < -0.4 is 0 Å². The lowest BCUT2D eigenvalue weighted by molar-refractivity contribution is -0.137. The SMILES string of the molecule is CCCCCCCC(C)N1CCN(CCC(=O)O)CC1. The molecule has 1 unspecified atom stereocenters. The summed E-state index contributed by atoms with van der Waals surface area (Å²) < 4.78 is 0. The summed E-state index contributed by atoms with van der Waals surface area (Å²) in [6, 6.07) is 0.679. The first-order valence-electron chi connectivity index (χ1n) is 8.31. The fourth-order valence-corrected chi connectivity index (χ4v) is 2.91. The maximum Gasteiger partial charge on any atom is 0.304 e. The van der Waals surface area contributed by atoms with Crippen LogP contribution in [-0.4, -0.2) is 59.6 Å². The molecule has 0 aromatic heterocycles. The molecule has 4 heteroatoms. The van der Waals surface area contributed by atoms with Crippen molar-refractivity contribution < 1.29 is 9.90 Å². The second kappa shape index (κ2) is 10.2. The average Bonchev–Trinajstić information content (AvgIpc) is 2.45. The summed E-state index contributed by atoms with van der Waals surface area (Å²) in [5.41, 5.74) is 0. The van der Waals surface area contributed by atoms with Crippen LogP contribution in [0.4, 0.5) is 0 Å². The van der Waals surface area contributed by atoms with E-state index in [9.17, 15) is 4.79 Å². The first-order chi connectivity index (χ1) is 9.63. The zero-order valence-corrected chi connectivity index (χ0v) is 13.3. The van der Waals surface area contributed by atoms with Gasteiger partial charge in [0.2, 0.25) is 0 Å². The molecular weight excluding hydrogens is 252 g/mol. The Morgan fingerprint density at radius 3 is 2.35 bits per heavy atom. The van der Waals surface area contributed by atoms with Crippen LogP contribution in [0.15, 0.2) is 0 Å². The van der Waals surface area contributed by atoms with E-state index in [0.29, 0.717) is 12.6 Å². The molecule has 1 atom stereocenters. The molecule has 0 bridgehead atoms. The van der Waals surface area contributed by atoms with Gasteiger partial charge in [-0.2, -0.15) is 0 Å². The van der Waals surface area contributed by atoms with Gasteiger partial charge in [-0.3, -0.25) is 9.69 Å². The van der Waals surface area contributed by atoms with Crippen LogP contribution in [-0.2, 0) is 4.79 Å². The molecule has 0 saturated carbocycles. The van der Waals surface area contributed by atoms with Crippen LogP contribution in [0.1, 0.15) is 58.8 Å². The maximum absolute atomic E-state index is 10.6. The topological polar surface area (TPSA) is 43.8 Å². The van der Waals surface area contributed by atoms with Gasteiger partial charge in [-0.15, -0.1) is 0 Å². The van der Waals surface area contributed by atoms with Crippen LogP contribution in [0.3, 0.4) is 0 Å². The van der Waals surface area contributed by atoms with Gasteiger partial charge in [-0.05, 0) is 13.3 Å². The van der Waals surface area contributed by atoms with Crippen LogP contribution >= 0.6 is 0 Å². The molecule has 0 aromatic carbocycles. The van der Waals surface area contributed by atoms with Crippen molar-refractivity contribution in [2.45, 2.75) is 64.8 Å². The Labute approximate surface area is 124 Å². The lowest BCUT2D eigenvalue weighted by Crippen LogP contribution is -2.49. The van der Waals surface area contributed by atoms with Crippen molar-refractivity contribution in [3.63, 3.8) is 0 Å². The second-order valence-corrected chi connectivity index (χ2v) is 6.07. The van der Waals surface area contributed by atoms with Crippen LogP contribution in [0.2, 0.25) is 0 Å². The highest BCUT2D eigenvalue weighted by Gasteiger charge is 2.20. The molecule has 1 saturated heterocycles. The highest BCUT2D eigenvalue weighted by molar-refractivity contribution is 5.66. The Bertz CT molecular complexity index is 263. The van der Waals surface area contributed by atoms with Crippen LogP contribution in [0.5, 0.6) is 0 Å². The van der Waals surface area contributed by atoms with Gasteiger partial charge in [0.1, 0.15) is 0 Å². The minimum atomic E-state index is -0.687. The third-order valence-corrected chi connectivity index (χ3v) is 4.40. The molecule has 0 amide bonds. The van der Waals surface area contributed by atoms with Crippen LogP contribution in [0.25, 0.3) is 0 Å². The fourth-order valence-electron chi connectivity index (χ4n) is 2.91. The van der Waals surface area contributed by atoms with Gasteiger partial charge in [0.05, 0.1) is 6.42 Å². The number of carboxylic acids is 1. The van der Waals surface area contributed by atoms with Gasteiger partial charge in [0, 0.05) is 38.8 Å². The highest BCUT2D eigenvalue weighted by Crippen LogP contribution is 2.13. The van der Waals surface area contributed by atoms with Crippen molar-refractivity contribution in [3.8, 4) is 0 Å². The minimum Gasteiger partial charge on any atom is -0.481 e. The number of rotatable bonds is 10. The number of piperazine rings is 1. The van der Waals surface area contributed by atoms with E-state index in [1.54, 1.807) is 0 Å². The zero-order chi connectivity index (χ0) is 14.8. The molecular formula is C16H32N2O2. The van der Waals surface area contributed by atoms with Crippen molar-refractivity contribution in [1.82, 2.24) is 9.80 Å². The molecule has 0 aromatic rings. The highest BCUT2D eigenvalue weighted by atomic mass is 16.4. The molecule has 1 aliphatic rings. The molecule has 1 rings (SSSR count). The van der Waals surface area contributed by atoms with Crippen molar-refractivity contribution >= 4 is 5.97 Å². The summed E-state index contributed by atoms with van der Waals surface area (Å²) in [5.74, 6) is -0.687. The van der Waals surface area contributed by atoms with E-state index in [2.05, 4.69) is 23.6 Å². The Hall–Kier alpha value is -0.610. The number of aliphatic carboxylic acids is 1. The quantitative estimate of drug-likeness (QED) is 0.627. The van der Waals surface area contributed by atoms with Crippen molar-refractivity contribution in [1.29, 1.82) is 0 Å². The lowest BCUT2D eigenvalue weighted by Gasteiger charge is -2.38. The van der Waals surface area contributed by atoms with E-state index in [0.717, 1.165) is 26.2 Å². The predicted molar refractivity (Wildman–Crippen MR) is 83.1 cm³/mol. The molecule has 1 aliphatic heterocycles. The largest absolute Gasteiger partial charge is 0.481 e. The number of unbranched alkanes of at least 4 members (excludes halogenated alkanes) is 4. The van der Waals surface area contributed by atoms with Crippen molar-refractivity contribution in [2.24, 2.45) is 0 Å². The molecule has 0 spiro atoms. The maximum atomic E-state index is 10.6. The third-order valence-electron chi connectivity index (χ3n) is 4.40. The number of carboxylic acid groups (broad SMARTS) is 1. The summed E-state index contributed by atoms with van der Waals surface area (Å²) >= 11 is 0. The molecule has 1 heterocycles. The van der Waals surface area contributed by atoms with E-state index >= 15 is 0 Å². The molecule has 118 valence electrons. The van der Waals surface area contributed by atoms with Gasteiger partial charge < -0.3 is 10.0 Å². The zero-order valence-electron chi connectivity index (χ0n) is 13.3. The van der Waals surface area contributed by atoms with E-state index in [-0.39, 0.29) is 6.42 Å². The molecule has 20 heavy (non-hydrogen) atoms. The smallest absolute Gasteiger partial charge is 0.304 e. The summed E-state index contributed by atoms with van der Waals surface area (Å²) in [6.45, 7) is 9.53. The van der Waals surface area contributed by atoms with Crippen LogP contribution in [0, 0.1) is 0 Å². The second-order valence-electron chi connectivity index (χ2n) is 6.07.